The van der Waals surface area contributed by atoms with Crippen LogP contribution in [0.3, 0.4) is 0 Å². The number of hydrogen-bond donors (Lipinski definition) is 1. The first kappa shape index (κ1) is 22.6. The van der Waals surface area contributed by atoms with Crippen LogP contribution in [0.1, 0.15) is 117 Å². The summed E-state index contributed by atoms with van der Waals surface area (Å²) in [7, 11) is 0. The molecule has 138 valence electrons. The van der Waals surface area contributed by atoms with Gasteiger partial charge < -0.3 is 5.73 Å². The Morgan fingerprint density at radius 1 is 0.739 bits per heavy atom. The van der Waals surface area contributed by atoms with Crippen LogP contribution in [0.25, 0.3) is 0 Å². The van der Waals surface area contributed by atoms with E-state index in [0.717, 1.165) is 32.1 Å². The highest BCUT2D eigenvalue weighted by Gasteiger charge is 2.22. The molecule has 0 saturated carbocycles. The molecule has 0 aliphatic heterocycles. The van der Waals surface area contributed by atoms with E-state index in [-0.39, 0.29) is 12.0 Å². The maximum Gasteiger partial charge on any atom is 0.137 e. The first-order valence-electron chi connectivity index (χ1n) is 10.5. The van der Waals surface area contributed by atoms with Gasteiger partial charge in [-0.3, -0.25) is 4.79 Å². The van der Waals surface area contributed by atoms with Crippen molar-refractivity contribution in [2.24, 2.45) is 11.7 Å². The average molecular weight is 326 g/mol. The number of Topliss-reactive ketones (excluding diaryl/α,β-unsaturated/α-hetero) is 1. The number of carbonyl (C=O) groups excluding carboxylic acids is 1. The van der Waals surface area contributed by atoms with Crippen LogP contribution in [0, 0.1) is 5.92 Å². The zero-order valence-electron chi connectivity index (χ0n) is 16.2. The van der Waals surface area contributed by atoms with Gasteiger partial charge in [-0.15, -0.1) is 0 Å². The third kappa shape index (κ3) is 12.7. The van der Waals surface area contributed by atoms with E-state index in [1.807, 2.05) is 0 Å². The summed E-state index contributed by atoms with van der Waals surface area (Å²) in [6.07, 6.45) is 18.3. The summed E-state index contributed by atoms with van der Waals surface area (Å²) in [5.41, 5.74) is 6.15. The summed E-state index contributed by atoms with van der Waals surface area (Å²) in [6, 6.07) is 0.0743. The standard InChI is InChI=1S/C21H43NO/c1-4-7-8-9-10-11-12-13-14-15-16-18-21(23)19(6-3)20(22)17-5-2/h19-20H,4-18,22H2,1-3H3. The maximum absolute atomic E-state index is 12.3. The minimum Gasteiger partial charge on any atom is -0.327 e. The van der Waals surface area contributed by atoms with Crippen LogP contribution >= 0.6 is 0 Å². The number of nitrogens with two attached hydrogens (primary N) is 1. The van der Waals surface area contributed by atoms with Gasteiger partial charge in [-0.1, -0.05) is 91.4 Å². The molecule has 0 spiro atoms. The van der Waals surface area contributed by atoms with Crippen LogP contribution in [0.4, 0.5) is 0 Å². The van der Waals surface area contributed by atoms with E-state index in [1.54, 1.807) is 0 Å². The van der Waals surface area contributed by atoms with Gasteiger partial charge in [0, 0.05) is 18.4 Å². The zero-order chi connectivity index (χ0) is 17.3. The lowest BCUT2D eigenvalue weighted by atomic mass is 9.88. The van der Waals surface area contributed by atoms with Crippen molar-refractivity contribution in [1.29, 1.82) is 0 Å². The van der Waals surface area contributed by atoms with Crippen molar-refractivity contribution in [2.45, 2.75) is 123 Å². The van der Waals surface area contributed by atoms with Gasteiger partial charge in [-0.25, -0.2) is 0 Å². The quantitative estimate of drug-likeness (QED) is 0.314. The fourth-order valence-corrected chi connectivity index (χ4v) is 3.45. The number of unbranched alkanes of at least 4 members (excludes halogenated alkanes) is 10. The second kappa shape index (κ2) is 16.5. The normalized spacial score (nSPS) is 13.9. The molecule has 0 aromatic carbocycles. The number of carbonyl (C=O) groups is 1. The third-order valence-electron chi connectivity index (χ3n) is 5.02. The van der Waals surface area contributed by atoms with Crippen molar-refractivity contribution in [3.63, 3.8) is 0 Å². The van der Waals surface area contributed by atoms with Gasteiger partial charge >= 0.3 is 0 Å². The molecule has 2 heteroatoms. The lowest BCUT2D eigenvalue weighted by molar-refractivity contribution is -0.123. The van der Waals surface area contributed by atoms with E-state index < -0.39 is 0 Å². The second-order valence-electron chi connectivity index (χ2n) is 7.22. The Hall–Kier alpha value is -0.370. The topological polar surface area (TPSA) is 43.1 Å². The largest absolute Gasteiger partial charge is 0.327 e. The Kier molecular flexibility index (Phi) is 16.2. The van der Waals surface area contributed by atoms with Gasteiger partial charge in [0.05, 0.1) is 0 Å². The molecular weight excluding hydrogens is 282 g/mol. The molecule has 0 fully saturated rings. The monoisotopic (exact) mass is 325 g/mol. The Balaban J connectivity index is 3.50. The highest BCUT2D eigenvalue weighted by Crippen LogP contribution is 2.17. The smallest absolute Gasteiger partial charge is 0.137 e. The van der Waals surface area contributed by atoms with Crippen molar-refractivity contribution >= 4 is 5.78 Å². The van der Waals surface area contributed by atoms with Gasteiger partial charge in [0.25, 0.3) is 0 Å². The predicted octanol–water partition coefficient (Wildman–Crippen LogP) is 6.41. The highest BCUT2D eigenvalue weighted by atomic mass is 16.1. The minimum absolute atomic E-state index is 0.0743. The van der Waals surface area contributed by atoms with E-state index >= 15 is 0 Å². The van der Waals surface area contributed by atoms with Crippen LogP contribution in [0.2, 0.25) is 0 Å². The van der Waals surface area contributed by atoms with Gasteiger partial charge in [0.2, 0.25) is 0 Å². The van der Waals surface area contributed by atoms with Gasteiger partial charge in [-0.2, -0.15) is 0 Å². The molecule has 0 aromatic heterocycles. The Morgan fingerprint density at radius 3 is 1.65 bits per heavy atom. The molecule has 2 unspecified atom stereocenters. The molecule has 0 radical (unpaired) electrons. The van der Waals surface area contributed by atoms with E-state index in [1.165, 1.54) is 64.2 Å². The molecule has 0 saturated heterocycles. The van der Waals surface area contributed by atoms with Crippen molar-refractivity contribution in [1.82, 2.24) is 0 Å². The SMILES string of the molecule is CCCCCCCCCCCCCC(=O)C(CC)C(N)CCC. The van der Waals surface area contributed by atoms with Crippen LogP contribution in [0.15, 0.2) is 0 Å². The van der Waals surface area contributed by atoms with E-state index in [2.05, 4.69) is 20.8 Å². The molecule has 2 N–H and O–H groups in total. The summed E-state index contributed by atoms with van der Waals surface area (Å²) in [6.45, 7) is 6.50. The number of hydrogen-bond acceptors (Lipinski definition) is 2. The van der Waals surface area contributed by atoms with Crippen LogP contribution in [-0.2, 0) is 4.79 Å². The van der Waals surface area contributed by atoms with Gasteiger partial charge in [0.1, 0.15) is 5.78 Å². The van der Waals surface area contributed by atoms with E-state index in [0.29, 0.717) is 5.78 Å². The Morgan fingerprint density at radius 2 is 1.22 bits per heavy atom. The molecule has 0 amide bonds. The van der Waals surface area contributed by atoms with Gasteiger partial charge in [0.15, 0.2) is 0 Å². The number of ketones is 1. The summed E-state index contributed by atoms with van der Waals surface area (Å²) >= 11 is 0. The second-order valence-corrected chi connectivity index (χ2v) is 7.22. The third-order valence-corrected chi connectivity index (χ3v) is 5.02. The summed E-state index contributed by atoms with van der Waals surface area (Å²) in [4.78, 5) is 12.3. The lowest BCUT2D eigenvalue weighted by Gasteiger charge is -2.20. The zero-order valence-corrected chi connectivity index (χ0v) is 16.2. The van der Waals surface area contributed by atoms with Crippen LogP contribution < -0.4 is 5.73 Å². The molecule has 0 rings (SSSR count). The van der Waals surface area contributed by atoms with E-state index in [9.17, 15) is 4.79 Å². The molecule has 0 aliphatic carbocycles. The summed E-state index contributed by atoms with van der Waals surface area (Å²) < 4.78 is 0. The fraction of sp³-hybridized carbons (Fsp3) is 0.952. The Labute approximate surface area is 146 Å². The van der Waals surface area contributed by atoms with Crippen molar-refractivity contribution in [2.75, 3.05) is 0 Å². The van der Waals surface area contributed by atoms with Gasteiger partial charge in [-0.05, 0) is 19.3 Å². The molecule has 0 aromatic rings. The van der Waals surface area contributed by atoms with Crippen LogP contribution in [-0.4, -0.2) is 11.8 Å². The van der Waals surface area contributed by atoms with Crippen molar-refractivity contribution < 1.29 is 4.79 Å². The summed E-state index contributed by atoms with van der Waals surface area (Å²) in [5, 5.41) is 0. The van der Waals surface area contributed by atoms with Crippen molar-refractivity contribution in [3.05, 3.63) is 0 Å². The first-order valence-corrected chi connectivity index (χ1v) is 10.5. The van der Waals surface area contributed by atoms with Crippen molar-refractivity contribution in [3.8, 4) is 0 Å². The predicted molar refractivity (Wildman–Crippen MR) is 103 cm³/mol. The molecule has 23 heavy (non-hydrogen) atoms. The maximum atomic E-state index is 12.3. The molecule has 0 aliphatic rings. The highest BCUT2D eigenvalue weighted by molar-refractivity contribution is 5.81. The molecule has 2 atom stereocenters. The number of rotatable bonds is 17. The molecule has 2 nitrogen and oxygen atoms in total. The first-order chi connectivity index (χ1) is 11.2. The molecular formula is C21H43NO. The Bertz CT molecular complexity index is 265. The lowest BCUT2D eigenvalue weighted by Crippen LogP contribution is -2.35. The molecule has 0 heterocycles. The molecule has 0 bridgehead atoms. The summed E-state index contributed by atoms with van der Waals surface area (Å²) in [5.74, 6) is 0.502. The van der Waals surface area contributed by atoms with Crippen LogP contribution in [0.5, 0.6) is 0 Å². The average Bonchev–Trinajstić information content (AvgIpc) is 2.53. The minimum atomic E-state index is 0.0743. The fourth-order valence-electron chi connectivity index (χ4n) is 3.45. The van der Waals surface area contributed by atoms with E-state index in [4.69, 9.17) is 5.73 Å².